The van der Waals surface area contributed by atoms with Gasteiger partial charge in [-0.25, -0.2) is 9.59 Å². The summed E-state index contributed by atoms with van der Waals surface area (Å²) in [7, 11) is 0. The van der Waals surface area contributed by atoms with Crippen molar-refractivity contribution >= 4 is 28.7 Å². The second-order valence-corrected chi connectivity index (χ2v) is 4.67. The molecular formula is C16H12N2O5. The molecule has 2 aromatic heterocycles. The number of carbonyl (C=O) groups is 2. The number of rotatable bonds is 4. The maximum atomic E-state index is 11.9. The molecule has 3 aromatic rings. The minimum absolute atomic E-state index is 0.0265. The van der Waals surface area contributed by atoms with E-state index in [1.807, 2.05) is 30.3 Å². The molecule has 0 aliphatic heterocycles. The fourth-order valence-electron chi connectivity index (χ4n) is 2.08. The lowest BCUT2D eigenvalue weighted by Gasteiger charge is -2.06. The molecule has 0 radical (unpaired) electrons. The van der Waals surface area contributed by atoms with Crippen molar-refractivity contribution in [1.29, 1.82) is 0 Å². The molecular weight excluding hydrogens is 300 g/mol. The third-order valence-electron chi connectivity index (χ3n) is 3.12. The normalized spacial score (nSPS) is 10.4. The Kier molecular flexibility index (Phi) is 3.92. The Hall–Kier alpha value is -3.35. The van der Waals surface area contributed by atoms with Crippen LogP contribution in [-0.4, -0.2) is 22.2 Å². The minimum Gasteiger partial charge on any atom is -0.475 e. The van der Waals surface area contributed by atoms with E-state index in [1.165, 1.54) is 18.5 Å². The van der Waals surface area contributed by atoms with Gasteiger partial charge in [0.1, 0.15) is 17.9 Å². The number of aromatic carboxylic acids is 1. The third kappa shape index (κ3) is 3.13. The number of hydrogen-bond donors (Lipinski definition) is 2. The molecule has 0 atom stereocenters. The summed E-state index contributed by atoms with van der Waals surface area (Å²) in [5.41, 5.74) is 1.16. The van der Waals surface area contributed by atoms with Crippen molar-refractivity contribution in [2.24, 2.45) is 0 Å². The number of pyridine rings is 1. The number of nitrogens with zero attached hydrogens (tertiary/aromatic N) is 1. The molecule has 7 nitrogen and oxygen atoms in total. The summed E-state index contributed by atoms with van der Waals surface area (Å²) in [6, 6.07) is 10.7. The summed E-state index contributed by atoms with van der Waals surface area (Å²) in [5.74, 6) is -1.66. The third-order valence-corrected chi connectivity index (χ3v) is 3.12. The van der Waals surface area contributed by atoms with Crippen molar-refractivity contribution in [3.8, 4) is 0 Å². The Bertz CT molecular complexity index is 857. The number of fused-ring (bicyclic) bond motifs is 1. The van der Waals surface area contributed by atoms with Crippen molar-refractivity contribution in [3.05, 3.63) is 60.1 Å². The predicted octanol–water partition coefficient (Wildman–Crippen LogP) is 3.27. The number of benzene rings is 1. The first-order valence-corrected chi connectivity index (χ1v) is 6.72. The Balaban J connectivity index is 1.79. The molecule has 2 heterocycles. The van der Waals surface area contributed by atoms with Crippen molar-refractivity contribution in [1.82, 2.24) is 4.98 Å². The van der Waals surface area contributed by atoms with Gasteiger partial charge in [-0.15, -0.1) is 0 Å². The van der Waals surface area contributed by atoms with Crippen LogP contribution in [0, 0.1) is 0 Å². The van der Waals surface area contributed by atoms with E-state index in [0.29, 0.717) is 11.0 Å². The van der Waals surface area contributed by atoms with Gasteiger partial charge in [0.25, 0.3) is 0 Å². The summed E-state index contributed by atoms with van der Waals surface area (Å²) >= 11 is 0. The van der Waals surface area contributed by atoms with Crippen LogP contribution in [0.15, 0.2) is 53.2 Å². The largest absolute Gasteiger partial charge is 0.475 e. The molecule has 0 fully saturated rings. The number of hydrogen-bond acceptors (Lipinski definition) is 5. The number of furan rings is 1. The van der Waals surface area contributed by atoms with Gasteiger partial charge in [0.05, 0.1) is 5.39 Å². The molecule has 1 aromatic carbocycles. The number of carbonyl (C=O) groups excluding carboxylic acids is 1. The molecule has 0 saturated carbocycles. The Morgan fingerprint density at radius 3 is 2.74 bits per heavy atom. The fraction of sp³-hybridized carbons (Fsp3) is 0.0625. The zero-order valence-electron chi connectivity index (χ0n) is 11.9. The molecule has 0 spiro atoms. The zero-order chi connectivity index (χ0) is 16.2. The predicted molar refractivity (Wildman–Crippen MR) is 81.2 cm³/mol. The van der Waals surface area contributed by atoms with E-state index in [4.69, 9.17) is 9.15 Å². The second-order valence-electron chi connectivity index (χ2n) is 4.67. The van der Waals surface area contributed by atoms with Crippen LogP contribution < -0.4 is 5.32 Å². The average Bonchev–Trinajstić information content (AvgIpc) is 2.93. The summed E-state index contributed by atoms with van der Waals surface area (Å²) in [6.45, 7) is 0.0725. The molecule has 0 bridgehead atoms. The van der Waals surface area contributed by atoms with Crippen molar-refractivity contribution in [3.63, 3.8) is 0 Å². The van der Waals surface area contributed by atoms with Crippen molar-refractivity contribution < 1.29 is 23.8 Å². The topological polar surface area (TPSA) is 102 Å². The lowest BCUT2D eigenvalue weighted by atomic mass is 10.2. The molecule has 2 N–H and O–H groups in total. The van der Waals surface area contributed by atoms with Gasteiger partial charge in [-0.2, -0.15) is 0 Å². The first kappa shape index (κ1) is 14.6. The standard InChI is InChI=1S/C16H12N2O5/c19-15(20)14-13(11-8-17-7-6-12(11)23-14)18-16(21)22-9-10-4-2-1-3-5-10/h1-8H,9H2,(H,18,21)(H,19,20). The number of carboxylic acids is 1. The smallest absolute Gasteiger partial charge is 0.412 e. The molecule has 1 amide bonds. The van der Waals surface area contributed by atoms with Gasteiger partial charge in [-0.1, -0.05) is 30.3 Å². The maximum Gasteiger partial charge on any atom is 0.412 e. The van der Waals surface area contributed by atoms with Crippen LogP contribution >= 0.6 is 0 Å². The Labute approximate surface area is 130 Å². The highest BCUT2D eigenvalue weighted by molar-refractivity contribution is 6.07. The van der Waals surface area contributed by atoms with Crippen molar-refractivity contribution in [2.75, 3.05) is 5.32 Å². The lowest BCUT2D eigenvalue weighted by molar-refractivity contribution is 0.0666. The van der Waals surface area contributed by atoms with Crippen LogP contribution in [0.3, 0.4) is 0 Å². The Morgan fingerprint density at radius 2 is 2.00 bits per heavy atom. The highest BCUT2D eigenvalue weighted by atomic mass is 16.5. The van der Waals surface area contributed by atoms with Crippen molar-refractivity contribution in [2.45, 2.75) is 6.61 Å². The summed E-state index contributed by atoms with van der Waals surface area (Å²) in [5, 5.41) is 12.0. The highest BCUT2D eigenvalue weighted by Crippen LogP contribution is 2.30. The zero-order valence-corrected chi connectivity index (χ0v) is 11.9. The second kappa shape index (κ2) is 6.18. The van der Waals surface area contributed by atoms with E-state index in [2.05, 4.69) is 10.3 Å². The molecule has 3 rings (SSSR count). The van der Waals surface area contributed by atoms with E-state index in [0.717, 1.165) is 5.56 Å². The molecule has 7 heteroatoms. The average molecular weight is 312 g/mol. The van der Waals surface area contributed by atoms with E-state index in [1.54, 1.807) is 0 Å². The Morgan fingerprint density at radius 1 is 1.22 bits per heavy atom. The maximum absolute atomic E-state index is 11.9. The number of amides is 1. The van der Waals surface area contributed by atoms with Crippen LogP contribution in [-0.2, 0) is 11.3 Å². The van der Waals surface area contributed by atoms with Gasteiger partial charge >= 0.3 is 12.1 Å². The van der Waals surface area contributed by atoms with Gasteiger partial charge in [-0.05, 0) is 11.6 Å². The molecule has 116 valence electrons. The van der Waals surface area contributed by atoms with E-state index in [9.17, 15) is 14.7 Å². The van der Waals surface area contributed by atoms with Crippen LogP contribution in [0.5, 0.6) is 0 Å². The first-order valence-electron chi connectivity index (χ1n) is 6.72. The van der Waals surface area contributed by atoms with Gasteiger partial charge in [0.2, 0.25) is 5.76 Å². The summed E-state index contributed by atoms with van der Waals surface area (Å²) in [6.07, 6.45) is 2.11. The van der Waals surface area contributed by atoms with Gasteiger partial charge < -0.3 is 14.3 Å². The summed E-state index contributed by atoms with van der Waals surface area (Å²) < 4.78 is 10.3. The molecule has 0 aliphatic rings. The number of ether oxygens (including phenoxy) is 1. The molecule has 0 unspecified atom stereocenters. The van der Waals surface area contributed by atoms with Crippen LogP contribution in [0.2, 0.25) is 0 Å². The fourth-order valence-corrected chi connectivity index (χ4v) is 2.08. The molecule has 0 aliphatic carbocycles. The quantitative estimate of drug-likeness (QED) is 0.766. The number of carboxylic acid groups (broad SMARTS) is 1. The number of anilines is 1. The highest BCUT2D eigenvalue weighted by Gasteiger charge is 2.22. The van der Waals surface area contributed by atoms with E-state index < -0.39 is 12.1 Å². The van der Waals surface area contributed by atoms with Gasteiger partial charge in [0.15, 0.2) is 0 Å². The van der Waals surface area contributed by atoms with E-state index in [-0.39, 0.29) is 18.1 Å². The summed E-state index contributed by atoms with van der Waals surface area (Å²) in [4.78, 5) is 27.1. The number of nitrogens with one attached hydrogen (secondary N) is 1. The monoisotopic (exact) mass is 312 g/mol. The number of aromatic nitrogens is 1. The SMILES string of the molecule is O=C(Nc1c(C(=O)O)oc2ccncc12)OCc1ccccc1. The first-order chi connectivity index (χ1) is 11.1. The lowest BCUT2D eigenvalue weighted by Crippen LogP contribution is -2.15. The van der Waals surface area contributed by atoms with Crippen LogP contribution in [0.4, 0.5) is 10.5 Å². The van der Waals surface area contributed by atoms with Crippen LogP contribution in [0.1, 0.15) is 16.1 Å². The molecule has 0 saturated heterocycles. The van der Waals surface area contributed by atoms with Gasteiger partial charge in [0, 0.05) is 12.4 Å². The van der Waals surface area contributed by atoms with Crippen LogP contribution in [0.25, 0.3) is 11.0 Å². The molecule has 23 heavy (non-hydrogen) atoms. The van der Waals surface area contributed by atoms with Gasteiger partial charge in [-0.3, -0.25) is 10.3 Å². The van der Waals surface area contributed by atoms with E-state index >= 15 is 0 Å². The minimum atomic E-state index is -1.29.